The van der Waals surface area contributed by atoms with E-state index in [2.05, 4.69) is 20.5 Å². The molecule has 2 heterocycles. The first-order valence-electron chi connectivity index (χ1n) is 10.2. The van der Waals surface area contributed by atoms with Crippen molar-refractivity contribution in [2.75, 3.05) is 11.9 Å². The number of halogens is 1. The fraction of sp³-hybridized carbons (Fsp3) is 0.167. The quantitative estimate of drug-likeness (QED) is 0.410. The van der Waals surface area contributed by atoms with E-state index in [1.807, 2.05) is 47.4 Å². The number of carbonyl (C=O) groups is 1. The van der Waals surface area contributed by atoms with E-state index in [9.17, 15) is 4.79 Å². The lowest BCUT2D eigenvalue weighted by Gasteiger charge is -2.20. The number of carbonyl (C=O) groups excluding carboxylic acids is 1. The van der Waals surface area contributed by atoms with Crippen molar-refractivity contribution in [1.29, 1.82) is 0 Å². The van der Waals surface area contributed by atoms with Crippen molar-refractivity contribution in [2.45, 2.75) is 19.5 Å². The fourth-order valence-electron chi connectivity index (χ4n) is 3.24. The number of aromatic nitrogens is 3. The summed E-state index contributed by atoms with van der Waals surface area (Å²) in [6.45, 7) is 0.997. The highest BCUT2D eigenvalue weighted by atomic mass is 35.5. The average Bonchev–Trinajstić information content (AvgIpc) is 3.23. The van der Waals surface area contributed by atoms with Crippen LogP contribution in [0.25, 0.3) is 0 Å². The van der Waals surface area contributed by atoms with Gasteiger partial charge in [0.25, 0.3) is 0 Å². The number of rotatable bonds is 9. The lowest BCUT2D eigenvalue weighted by molar-refractivity contribution is -0.117. The minimum atomic E-state index is -0.153. The molecule has 4 rings (SSSR count). The molecular formula is C24H22ClN5O2. The van der Waals surface area contributed by atoms with Gasteiger partial charge >= 0.3 is 0 Å². The molecule has 0 fully saturated rings. The summed E-state index contributed by atoms with van der Waals surface area (Å²) in [6, 6.07) is 20.8. The Bertz CT molecular complexity index is 1130. The van der Waals surface area contributed by atoms with Crippen molar-refractivity contribution in [1.82, 2.24) is 20.1 Å². The van der Waals surface area contributed by atoms with Gasteiger partial charge in [0.1, 0.15) is 0 Å². The van der Waals surface area contributed by atoms with Gasteiger partial charge in [-0.15, -0.1) is 10.2 Å². The standard InChI is InChI=1S/C24H22ClN5O2/c25-20-8-10-21(11-9-20)27-22(31)16-30(15-19-7-4-12-26-14-19)17-24-29-28-23(32-24)13-18-5-2-1-3-6-18/h1-12,14H,13,15-17H2,(H,27,31). The number of benzene rings is 2. The van der Waals surface area contributed by atoms with Crippen molar-refractivity contribution in [3.05, 3.63) is 107 Å². The summed E-state index contributed by atoms with van der Waals surface area (Å²) in [5, 5.41) is 11.8. The molecule has 2 aromatic carbocycles. The van der Waals surface area contributed by atoms with E-state index in [0.717, 1.165) is 11.1 Å². The molecule has 0 bridgehead atoms. The SMILES string of the molecule is O=C(CN(Cc1cccnc1)Cc1nnc(Cc2ccccc2)o1)Nc1ccc(Cl)cc1. The Hall–Kier alpha value is -3.55. The molecule has 4 aromatic rings. The molecule has 8 heteroatoms. The monoisotopic (exact) mass is 447 g/mol. The maximum absolute atomic E-state index is 12.7. The summed E-state index contributed by atoms with van der Waals surface area (Å²) < 4.78 is 5.84. The summed E-state index contributed by atoms with van der Waals surface area (Å²) in [7, 11) is 0. The third-order valence-electron chi connectivity index (χ3n) is 4.69. The molecule has 0 atom stereocenters. The smallest absolute Gasteiger partial charge is 0.238 e. The first-order valence-corrected chi connectivity index (χ1v) is 10.5. The number of hydrogen-bond acceptors (Lipinski definition) is 6. The van der Waals surface area contributed by atoms with E-state index < -0.39 is 0 Å². The number of nitrogens with one attached hydrogen (secondary N) is 1. The number of anilines is 1. The summed E-state index contributed by atoms with van der Waals surface area (Å²) in [5.74, 6) is 0.845. The first-order chi connectivity index (χ1) is 15.6. The molecule has 0 saturated heterocycles. The normalized spacial score (nSPS) is 10.9. The van der Waals surface area contributed by atoms with Gasteiger partial charge in [-0.3, -0.25) is 14.7 Å². The highest BCUT2D eigenvalue weighted by Gasteiger charge is 2.16. The van der Waals surface area contributed by atoms with Gasteiger partial charge in [-0.2, -0.15) is 0 Å². The average molecular weight is 448 g/mol. The van der Waals surface area contributed by atoms with Crippen molar-refractivity contribution in [2.24, 2.45) is 0 Å². The van der Waals surface area contributed by atoms with E-state index >= 15 is 0 Å². The van der Waals surface area contributed by atoms with Gasteiger partial charge in [0.2, 0.25) is 17.7 Å². The molecule has 0 unspecified atom stereocenters. The Morgan fingerprint density at radius 2 is 1.66 bits per heavy atom. The third kappa shape index (κ3) is 6.47. The van der Waals surface area contributed by atoms with Crippen LogP contribution in [-0.2, 0) is 24.3 Å². The second-order valence-electron chi connectivity index (χ2n) is 7.31. The molecule has 1 N–H and O–H groups in total. The van der Waals surface area contributed by atoms with E-state index in [0.29, 0.717) is 42.0 Å². The number of amides is 1. The molecule has 0 aliphatic carbocycles. The van der Waals surface area contributed by atoms with Gasteiger partial charge in [-0.25, -0.2) is 0 Å². The van der Waals surface area contributed by atoms with Crippen molar-refractivity contribution >= 4 is 23.2 Å². The lowest BCUT2D eigenvalue weighted by Crippen LogP contribution is -2.32. The fourth-order valence-corrected chi connectivity index (χ4v) is 3.37. The minimum absolute atomic E-state index is 0.147. The summed E-state index contributed by atoms with van der Waals surface area (Å²) in [4.78, 5) is 18.8. The zero-order valence-corrected chi connectivity index (χ0v) is 18.1. The van der Waals surface area contributed by atoms with Crippen LogP contribution in [0.5, 0.6) is 0 Å². The van der Waals surface area contributed by atoms with Crippen LogP contribution in [0.1, 0.15) is 22.9 Å². The van der Waals surface area contributed by atoms with E-state index in [1.54, 1.807) is 36.7 Å². The van der Waals surface area contributed by atoms with E-state index in [1.165, 1.54) is 0 Å². The molecule has 0 aliphatic heterocycles. The van der Waals surface area contributed by atoms with E-state index in [-0.39, 0.29) is 12.5 Å². The topological polar surface area (TPSA) is 84.2 Å². The predicted octanol–water partition coefficient (Wildman–Crippen LogP) is 4.35. The van der Waals surface area contributed by atoms with Crippen LogP contribution < -0.4 is 5.32 Å². The molecular weight excluding hydrogens is 426 g/mol. The molecule has 32 heavy (non-hydrogen) atoms. The maximum Gasteiger partial charge on any atom is 0.238 e. The van der Waals surface area contributed by atoms with Gasteiger partial charge in [-0.1, -0.05) is 48.0 Å². The zero-order valence-electron chi connectivity index (χ0n) is 17.3. The largest absolute Gasteiger partial charge is 0.424 e. The summed E-state index contributed by atoms with van der Waals surface area (Å²) in [6.07, 6.45) is 4.06. The van der Waals surface area contributed by atoms with Crippen LogP contribution in [-0.4, -0.2) is 32.5 Å². The van der Waals surface area contributed by atoms with Crippen LogP contribution in [0.3, 0.4) is 0 Å². The number of hydrogen-bond donors (Lipinski definition) is 1. The minimum Gasteiger partial charge on any atom is -0.424 e. The van der Waals surface area contributed by atoms with Crippen LogP contribution in [0.4, 0.5) is 5.69 Å². The van der Waals surface area contributed by atoms with Crippen molar-refractivity contribution in [3.8, 4) is 0 Å². The predicted molar refractivity (Wildman–Crippen MR) is 122 cm³/mol. The van der Waals surface area contributed by atoms with Gasteiger partial charge < -0.3 is 9.73 Å². The Morgan fingerprint density at radius 1 is 0.906 bits per heavy atom. The summed E-state index contributed by atoms with van der Waals surface area (Å²) >= 11 is 5.92. The van der Waals surface area contributed by atoms with E-state index in [4.69, 9.17) is 16.0 Å². The number of pyridine rings is 1. The molecule has 0 saturated carbocycles. The second-order valence-corrected chi connectivity index (χ2v) is 7.75. The van der Waals surface area contributed by atoms with Gasteiger partial charge in [0.15, 0.2) is 0 Å². The van der Waals surface area contributed by atoms with Crippen LogP contribution in [0, 0.1) is 0 Å². The molecule has 0 spiro atoms. The first kappa shape index (κ1) is 21.7. The maximum atomic E-state index is 12.7. The second kappa shape index (κ2) is 10.7. The Morgan fingerprint density at radius 3 is 2.41 bits per heavy atom. The van der Waals surface area contributed by atoms with Crippen molar-refractivity contribution in [3.63, 3.8) is 0 Å². The zero-order chi connectivity index (χ0) is 22.2. The van der Waals surface area contributed by atoms with Gasteiger partial charge in [0, 0.05) is 29.6 Å². The van der Waals surface area contributed by atoms with Gasteiger partial charge in [0.05, 0.1) is 19.5 Å². The molecule has 1 amide bonds. The highest BCUT2D eigenvalue weighted by Crippen LogP contribution is 2.15. The van der Waals surface area contributed by atoms with Gasteiger partial charge in [-0.05, 0) is 41.5 Å². The Kier molecular flexibility index (Phi) is 7.22. The van der Waals surface area contributed by atoms with Crippen molar-refractivity contribution < 1.29 is 9.21 Å². The molecule has 2 aromatic heterocycles. The molecule has 0 aliphatic rings. The number of nitrogens with zero attached hydrogens (tertiary/aromatic N) is 4. The molecule has 7 nitrogen and oxygen atoms in total. The van der Waals surface area contributed by atoms with Crippen LogP contribution in [0.15, 0.2) is 83.5 Å². The lowest BCUT2D eigenvalue weighted by atomic mass is 10.2. The Labute approximate surface area is 191 Å². The summed E-state index contributed by atoms with van der Waals surface area (Å²) in [5.41, 5.74) is 2.76. The molecule has 162 valence electrons. The Balaban J connectivity index is 1.43. The third-order valence-corrected chi connectivity index (χ3v) is 4.94. The highest BCUT2D eigenvalue weighted by molar-refractivity contribution is 6.30. The van der Waals surface area contributed by atoms with Crippen LogP contribution in [0.2, 0.25) is 5.02 Å². The van der Waals surface area contributed by atoms with Crippen LogP contribution >= 0.6 is 11.6 Å². The molecule has 0 radical (unpaired) electrons.